The molecule has 0 N–H and O–H groups in total. The summed E-state index contributed by atoms with van der Waals surface area (Å²) in [6, 6.07) is 7.39. The van der Waals surface area contributed by atoms with Crippen molar-refractivity contribution in [2.75, 3.05) is 6.61 Å². The molecule has 1 heterocycles. The molecular formula is C21H26O5. The SMILES string of the molecule is CCOC(=O)[C@]12C(=O)OC(C)(C)[C@H]1[C@]2(CC)C(=O)c1ccc(CC)cc1. The number of Topliss-reactive ketones (excluding diaryl/α,β-unsaturated/α-hetero) is 1. The van der Waals surface area contributed by atoms with Crippen LogP contribution in [0.15, 0.2) is 24.3 Å². The fraction of sp³-hybridized carbons (Fsp3) is 0.571. The Hall–Kier alpha value is -2.17. The molecule has 140 valence electrons. The monoisotopic (exact) mass is 358 g/mol. The minimum absolute atomic E-state index is 0.153. The first-order valence-corrected chi connectivity index (χ1v) is 9.28. The molecule has 1 aromatic carbocycles. The number of hydrogen-bond acceptors (Lipinski definition) is 5. The molecule has 3 rings (SSSR count). The summed E-state index contributed by atoms with van der Waals surface area (Å²) < 4.78 is 10.7. The van der Waals surface area contributed by atoms with Gasteiger partial charge in [-0.25, -0.2) is 0 Å². The lowest BCUT2D eigenvalue weighted by atomic mass is 9.81. The summed E-state index contributed by atoms with van der Waals surface area (Å²) in [6.07, 6.45) is 1.26. The second-order valence-electron chi connectivity index (χ2n) is 7.66. The van der Waals surface area contributed by atoms with E-state index in [0.29, 0.717) is 12.0 Å². The molecule has 1 saturated heterocycles. The summed E-state index contributed by atoms with van der Waals surface area (Å²) in [5, 5.41) is 0. The first-order chi connectivity index (χ1) is 12.2. The van der Waals surface area contributed by atoms with E-state index in [-0.39, 0.29) is 12.4 Å². The first-order valence-electron chi connectivity index (χ1n) is 9.28. The maximum Gasteiger partial charge on any atom is 0.325 e. The lowest BCUT2D eigenvalue weighted by molar-refractivity contribution is -0.166. The highest BCUT2D eigenvalue weighted by Crippen LogP contribution is 2.80. The third kappa shape index (κ3) is 2.06. The number of aryl methyl sites for hydroxylation is 1. The van der Waals surface area contributed by atoms with Crippen LogP contribution in [0.5, 0.6) is 0 Å². The quantitative estimate of drug-likeness (QED) is 0.443. The second kappa shape index (κ2) is 5.93. The molecule has 1 aliphatic carbocycles. The Morgan fingerprint density at radius 2 is 1.73 bits per heavy atom. The zero-order valence-electron chi connectivity index (χ0n) is 16.0. The normalized spacial score (nSPS) is 31.1. The molecule has 1 aromatic rings. The number of cyclic esters (lactones) is 1. The van der Waals surface area contributed by atoms with Gasteiger partial charge in [-0.3, -0.25) is 14.4 Å². The van der Waals surface area contributed by atoms with Crippen LogP contribution < -0.4 is 0 Å². The lowest BCUT2D eigenvalue weighted by Crippen LogP contribution is -2.40. The van der Waals surface area contributed by atoms with Gasteiger partial charge in [0.05, 0.1) is 12.0 Å². The van der Waals surface area contributed by atoms with E-state index in [1.165, 1.54) is 0 Å². The summed E-state index contributed by atoms with van der Waals surface area (Å²) in [5.41, 5.74) is -1.87. The number of benzene rings is 1. The topological polar surface area (TPSA) is 69.7 Å². The molecule has 2 aliphatic rings. The van der Waals surface area contributed by atoms with Crippen molar-refractivity contribution in [3.8, 4) is 0 Å². The predicted octanol–water partition coefficient (Wildman–Crippen LogP) is 3.34. The van der Waals surface area contributed by atoms with Crippen molar-refractivity contribution in [3.63, 3.8) is 0 Å². The highest BCUT2D eigenvalue weighted by Gasteiger charge is 2.95. The minimum Gasteiger partial charge on any atom is -0.465 e. The van der Waals surface area contributed by atoms with Gasteiger partial charge in [0.25, 0.3) is 0 Å². The third-order valence-electron chi connectivity index (χ3n) is 6.10. The van der Waals surface area contributed by atoms with Gasteiger partial charge < -0.3 is 9.47 Å². The number of esters is 2. The molecule has 0 amide bonds. The Morgan fingerprint density at radius 3 is 2.23 bits per heavy atom. The van der Waals surface area contributed by atoms with Crippen molar-refractivity contribution in [2.24, 2.45) is 16.7 Å². The van der Waals surface area contributed by atoms with Gasteiger partial charge in [-0.2, -0.15) is 0 Å². The summed E-state index contributed by atoms with van der Waals surface area (Å²) in [4.78, 5) is 39.2. The minimum atomic E-state index is -1.53. The zero-order chi connectivity index (χ0) is 19.3. The molecule has 1 aliphatic heterocycles. The van der Waals surface area contributed by atoms with Gasteiger partial charge in [0, 0.05) is 11.5 Å². The molecule has 3 atom stereocenters. The number of fused-ring (bicyclic) bond motifs is 1. The maximum atomic E-state index is 13.5. The molecule has 0 aromatic heterocycles. The van der Waals surface area contributed by atoms with E-state index in [9.17, 15) is 14.4 Å². The van der Waals surface area contributed by atoms with Gasteiger partial charge in [0.1, 0.15) is 5.60 Å². The zero-order valence-corrected chi connectivity index (χ0v) is 16.0. The maximum absolute atomic E-state index is 13.5. The number of rotatable bonds is 6. The average Bonchev–Trinajstić information content (AvgIpc) is 3.21. The van der Waals surface area contributed by atoms with Crippen molar-refractivity contribution in [3.05, 3.63) is 35.4 Å². The van der Waals surface area contributed by atoms with Crippen LogP contribution in [0.2, 0.25) is 0 Å². The molecular weight excluding hydrogens is 332 g/mol. The smallest absolute Gasteiger partial charge is 0.325 e. The van der Waals surface area contributed by atoms with Crippen LogP contribution in [0.1, 0.15) is 57.0 Å². The molecule has 2 fully saturated rings. The van der Waals surface area contributed by atoms with Crippen molar-refractivity contribution >= 4 is 17.7 Å². The standard InChI is InChI=1S/C21H26O5/c1-6-13-9-11-14(12-10-13)15(22)20(7-2)16-19(4,5)26-18(24)21(16,20)17(23)25-8-3/h9-12,16H,6-8H2,1-5H3/t16-,20-,21-/m0/s1. The van der Waals surface area contributed by atoms with E-state index in [1.807, 2.05) is 26.0 Å². The molecule has 1 saturated carbocycles. The highest BCUT2D eigenvalue weighted by atomic mass is 16.6. The second-order valence-corrected chi connectivity index (χ2v) is 7.66. The van der Waals surface area contributed by atoms with Crippen LogP contribution in [0, 0.1) is 16.7 Å². The first kappa shape index (κ1) is 18.6. The Morgan fingerprint density at radius 1 is 1.12 bits per heavy atom. The van der Waals surface area contributed by atoms with Crippen LogP contribution in [0.3, 0.4) is 0 Å². The van der Waals surface area contributed by atoms with Gasteiger partial charge in [0.15, 0.2) is 11.2 Å². The van der Waals surface area contributed by atoms with E-state index in [0.717, 1.165) is 12.0 Å². The number of ether oxygens (including phenoxy) is 2. The van der Waals surface area contributed by atoms with Gasteiger partial charge in [-0.1, -0.05) is 38.1 Å². The number of ketones is 1. The molecule has 0 radical (unpaired) electrons. The Bertz CT molecular complexity index is 763. The van der Waals surface area contributed by atoms with Crippen LogP contribution in [0.25, 0.3) is 0 Å². The van der Waals surface area contributed by atoms with E-state index in [4.69, 9.17) is 9.47 Å². The molecule has 0 unspecified atom stereocenters. The van der Waals surface area contributed by atoms with Gasteiger partial charge in [-0.15, -0.1) is 0 Å². The molecule has 5 nitrogen and oxygen atoms in total. The summed E-state index contributed by atoms with van der Waals surface area (Å²) in [5.74, 6) is -1.96. The predicted molar refractivity (Wildman–Crippen MR) is 95.6 cm³/mol. The third-order valence-corrected chi connectivity index (χ3v) is 6.10. The van der Waals surface area contributed by atoms with Gasteiger partial charge in [0.2, 0.25) is 0 Å². The summed E-state index contributed by atoms with van der Waals surface area (Å²) in [7, 11) is 0. The Balaban J connectivity index is 2.11. The lowest BCUT2D eigenvalue weighted by Gasteiger charge is -2.28. The van der Waals surface area contributed by atoms with Crippen molar-refractivity contribution in [1.82, 2.24) is 0 Å². The largest absolute Gasteiger partial charge is 0.465 e. The Kier molecular flexibility index (Phi) is 4.25. The van der Waals surface area contributed by atoms with E-state index < -0.39 is 34.3 Å². The highest BCUT2D eigenvalue weighted by molar-refractivity contribution is 6.19. The van der Waals surface area contributed by atoms with Gasteiger partial charge >= 0.3 is 11.9 Å². The average molecular weight is 358 g/mol. The molecule has 0 bridgehead atoms. The fourth-order valence-corrected chi connectivity index (χ4v) is 5.06. The number of carbonyl (C=O) groups excluding carboxylic acids is 3. The number of hydrogen-bond donors (Lipinski definition) is 0. The summed E-state index contributed by atoms with van der Waals surface area (Å²) >= 11 is 0. The van der Waals surface area contributed by atoms with Crippen LogP contribution in [-0.4, -0.2) is 29.9 Å². The van der Waals surface area contributed by atoms with Crippen LogP contribution in [-0.2, 0) is 25.5 Å². The van der Waals surface area contributed by atoms with E-state index in [2.05, 4.69) is 0 Å². The van der Waals surface area contributed by atoms with Gasteiger partial charge in [-0.05, 0) is 39.2 Å². The van der Waals surface area contributed by atoms with Crippen LogP contribution >= 0.6 is 0 Å². The molecule has 0 spiro atoms. The van der Waals surface area contributed by atoms with Crippen molar-refractivity contribution in [2.45, 2.75) is 53.1 Å². The molecule has 26 heavy (non-hydrogen) atoms. The fourth-order valence-electron chi connectivity index (χ4n) is 5.06. The Labute approximate surface area is 154 Å². The van der Waals surface area contributed by atoms with Crippen molar-refractivity contribution < 1.29 is 23.9 Å². The summed E-state index contributed by atoms with van der Waals surface area (Å²) in [6.45, 7) is 9.27. The number of carbonyl (C=O) groups is 3. The van der Waals surface area contributed by atoms with Crippen LogP contribution in [0.4, 0.5) is 0 Å². The van der Waals surface area contributed by atoms with Crippen molar-refractivity contribution in [1.29, 1.82) is 0 Å². The van der Waals surface area contributed by atoms with E-state index in [1.54, 1.807) is 32.9 Å². The van der Waals surface area contributed by atoms with E-state index >= 15 is 0 Å². The molecule has 5 heteroatoms.